The predicted octanol–water partition coefficient (Wildman–Crippen LogP) is 7.81. The Kier molecular flexibility index (Phi) is 12.6. The summed E-state index contributed by atoms with van der Waals surface area (Å²) in [7, 11) is 0. The molecule has 2 aromatic heterocycles. The lowest BCUT2D eigenvalue weighted by molar-refractivity contribution is -0.161. The highest BCUT2D eigenvalue weighted by Crippen LogP contribution is 2.36. The van der Waals surface area contributed by atoms with Gasteiger partial charge in [0.1, 0.15) is 23.6 Å². The van der Waals surface area contributed by atoms with Gasteiger partial charge in [0.25, 0.3) is 5.56 Å². The van der Waals surface area contributed by atoms with E-state index in [1.807, 2.05) is 39.0 Å². The van der Waals surface area contributed by atoms with Gasteiger partial charge < -0.3 is 14.2 Å². The van der Waals surface area contributed by atoms with Crippen molar-refractivity contribution in [3.05, 3.63) is 129 Å². The molecular weight excluding hydrogens is 758 g/mol. The zero-order valence-electron chi connectivity index (χ0n) is 33.2. The molecule has 0 bridgehead atoms. The number of fused-ring (bicyclic) bond motifs is 1. The van der Waals surface area contributed by atoms with Crippen molar-refractivity contribution in [3.8, 4) is 0 Å². The van der Waals surface area contributed by atoms with Crippen LogP contribution in [0.25, 0.3) is 11.0 Å². The molecule has 0 spiro atoms. The molecule has 58 heavy (non-hydrogen) atoms. The first-order chi connectivity index (χ1) is 27.4. The Bertz CT molecular complexity index is 2260. The second-order valence-corrected chi connectivity index (χ2v) is 15.9. The van der Waals surface area contributed by atoms with E-state index in [2.05, 4.69) is 14.9 Å². The Hall–Kier alpha value is -5.24. The number of rotatable bonds is 12. The van der Waals surface area contributed by atoms with Crippen LogP contribution in [0, 0.1) is 17.6 Å². The molecule has 1 aliphatic heterocycles. The van der Waals surface area contributed by atoms with E-state index in [-0.39, 0.29) is 84.2 Å². The number of pyridine rings is 1. The summed E-state index contributed by atoms with van der Waals surface area (Å²) in [6.07, 6.45) is 3.78. The lowest BCUT2D eigenvalue weighted by atomic mass is 9.82. The number of alkyl halides is 3. The molecule has 9 nitrogen and oxygen atoms in total. The van der Waals surface area contributed by atoms with Crippen LogP contribution in [0.3, 0.4) is 0 Å². The molecule has 0 radical (unpaired) electrons. The maximum atomic E-state index is 14.8. The number of likely N-dealkylation sites (tertiary alicyclic amines) is 1. The largest absolute Gasteiger partial charge is 0.462 e. The monoisotopic (exact) mass is 805 g/mol. The van der Waals surface area contributed by atoms with E-state index in [1.165, 1.54) is 30.5 Å². The molecule has 0 saturated carbocycles. The lowest BCUT2D eigenvalue weighted by Gasteiger charge is -2.44. The van der Waals surface area contributed by atoms with E-state index < -0.39 is 34.5 Å². The second-order valence-electron chi connectivity index (χ2n) is 15.9. The maximum absolute atomic E-state index is 14.8. The number of aryl methyl sites for hydroxylation is 2. The number of piperidine rings is 1. The van der Waals surface area contributed by atoms with E-state index in [0.717, 1.165) is 29.3 Å². The van der Waals surface area contributed by atoms with Crippen LogP contribution in [0.15, 0.2) is 89.4 Å². The van der Waals surface area contributed by atoms with Crippen molar-refractivity contribution in [3.63, 3.8) is 0 Å². The molecule has 2 unspecified atom stereocenters. The quantitative estimate of drug-likeness (QED) is 0.107. The number of hydrogen-bond donors (Lipinski definition) is 0. The smallest absolute Gasteiger partial charge is 0.416 e. The van der Waals surface area contributed by atoms with Crippen molar-refractivity contribution in [2.75, 3.05) is 19.6 Å². The van der Waals surface area contributed by atoms with Gasteiger partial charge in [-0.1, -0.05) is 49.4 Å². The van der Waals surface area contributed by atoms with Gasteiger partial charge in [-0.05, 0) is 99.9 Å². The first kappa shape index (κ1) is 42.4. The van der Waals surface area contributed by atoms with Crippen LogP contribution in [-0.4, -0.2) is 73.5 Å². The lowest BCUT2D eigenvalue weighted by Crippen LogP contribution is -2.57. The summed E-state index contributed by atoms with van der Waals surface area (Å²) in [5.74, 6) is -2.70. The number of ether oxygens (including phenoxy) is 1. The van der Waals surface area contributed by atoms with Gasteiger partial charge in [0.15, 0.2) is 11.6 Å². The number of carbonyl (C=O) groups excluding carboxylic acids is 2. The number of hydrogen-bond acceptors (Lipinski definition) is 7. The molecule has 1 amide bonds. The van der Waals surface area contributed by atoms with Crippen LogP contribution < -0.4 is 5.56 Å². The summed E-state index contributed by atoms with van der Waals surface area (Å²) < 4.78 is 75.6. The van der Waals surface area contributed by atoms with Crippen LogP contribution in [0.1, 0.15) is 75.9 Å². The van der Waals surface area contributed by atoms with Gasteiger partial charge in [0.2, 0.25) is 5.91 Å². The first-order valence-electron chi connectivity index (χ1n) is 19.5. The fourth-order valence-corrected chi connectivity index (χ4v) is 7.87. The van der Waals surface area contributed by atoms with E-state index >= 15 is 0 Å². The number of amides is 1. The molecule has 2 aliphatic rings. The summed E-state index contributed by atoms with van der Waals surface area (Å²) >= 11 is 0. The minimum atomic E-state index is -4.44. The summed E-state index contributed by atoms with van der Waals surface area (Å²) in [4.78, 5) is 53.6. The van der Waals surface area contributed by atoms with E-state index in [0.29, 0.717) is 25.9 Å². The fourth-order valence-electron chi connectivity index (χ4n) is 7.87. The van der Waals surface area contributed by atoms with Gasteiger partial charge in [-0.25, -0.2) is 13.8 Å². The topological polar surface area (TPSA) is 97.6 Å². The highest BCUT2D eigenvalue weighted by molar-refractivity contribution is 5.81. The molecule has 0 N–H and O–H groups in total. The van der Waals surface area contributed by atoms with Gasteiger partial charge in [0, 0.05) is 44.2 Å². The van der Waals surface area contributed by atoms with Gasteiger partial charge in [-0.15, -0.1) is 0 Å². The number of allylic oxidation sites excluding steroid dienone is 2. The number of benzene rings is 2. The second kappa shape index (κ2) is 17.3. The van der Waals surface area contributed by atoms with Crippen molar-refractivity contribution in [2.24, 2.45) is 5.92 Å². The normalized spacial score (nSPS) is 18.1. The standard InChI is InChI=1S/C44H48F5N5O4/c1-27(2)58-42(57)43(4,5)52-22-19-33(20-23-52)53(25-29-11-17-34(28(3)24-29)30-12-15-32(16-13-30)44(47,48)49)38(55)26-54-37(18-14-31-8-6-10-36(45)39(31)46)51-41(56)35-9-7-21-50-40(35)54/h6-13,15-17,21,24,27-28,33-34H,14,18-20,22-23,25-26H2,1-5H3. The van der Waals surface area contributed by atoms with Gasteiger partial charge in [-0.3, -0.25) is 19.3 Å². The zero-order chi connectivity index (χ0) is 41.9. The third kappa shape index (κ3) is 9.38. The number of aromatic nitrogens is 3. The minimum Gasteiger partial charge on any atom is -0.462 e. The van der Waals surface area contributed by atoms with Gasteiger partial charge in [0.05, 0.1) is 17.1 Å². The Labute approximate surface area is 334 Å². The average Bonchev–Trinajstić information content (AvgIpc) is 3.18. The average molecular weight is 806 g/mol. The minimum absolute atomic E-state index is 0.00936. The highest BCUT2D eigenvalue weighted by atomic mass is 19.4. The maximum Gasteiger partial charge on any atom is 0.416 e. The van der Waals surface area contributed by atoms with Crippen molar-refractivity contribution < 1.29 is 36.3 Å². The molecule has 2 aromatic carbocycles. The van der Waals surface area contributed by atoms with Crippen LogP contribution in [-0.2, 0) is 39.9 Å². The molecular formula is C44H48F5N5O4. The Balaban J connectivity index is 1.29. The number of carbonyl (C=O) groups is 2. The first-order valence-corrected chi connectivity index (χ1v) is 19.5. The van der Waals surface area contributed by atoms with Gasteiger partial charge in [-0.2, -0.15) is 18.2 Å². The predicted molar refractivity (Wildman–Crippen MR) is 210 cm³/mol. The van der Waals surface area contributed by atoms with Crippen molar-refractivity contribution in [2.45, 2.75) is 96.6 Å². The molecule has 1 saturated heterocycles. The molecule has 1 fully saturated rings. The van der Waals surface area contributed by atoms with Crippen LogP contribution >= 0.6 is 0 Å². The molecule has 1 aliphatic carbocycles. The number of halogens is 5. The molecule has 308 valence electrons. The molecule has 3 heterocycles. The third-order valence-corrected chi connectivity index (χ3v) is 11.2. The molecule has 2 atom stereocenters. The summed E-state index contributed by atoms with van der Waals surface area (Å²) in [5, 5.41) is 0.201. The molecule has 4 aromatic rings. The van der Waals surface area contributed by atoms with E-state index in [4.69, 9.17) is 4.74 Å². The summed E-state index contributed by atoms with van der Waals surface area (Å²) in [5.41, 5.74) is -0.262. The number of nitrogens with zero attached hydrogens (tertiary/aromatic N) is 5. The molecule has 6 rings (SSSR count). The van der Waals surface area contributed by atoms with Crippen LogP contribution in [0.2, 0.25) is 0 Å². The Morgan fingerprint density at radius 2 is 1.69 bits per heavy atom. The molecule has 14 heteroatoms. The van der Waals surface area contributed by atoms with Crippen molar-refractivity contribution >= 4 is 22.9 Å². The SMILES string of the molecule is CC(C)OC(=O)C(C)(C)N1CCC(N(CC2=CC(C)C(c3ccc(C(F)(F)F)cc3)C=C2)C(=O)Cn2c(CCc3cccc(F)c3F)nc(=O)c3cccnc32)CC1. The van der Waals surface area contributed by atoms with Crippen molar-refractivity contribution in [1.82, 2.24) is 24.3 Å². The summed E-state index contributed by atoms with van der Waals surface area (Å²) in [6.45, 7) is 10.2. The van der Waals surface area contributed by atoms with Crippen LogP contribution in [0.5, 0.6) is 0 Å². The van der Waals surface area contributed by atoms with Crippen molar-refractivity contribution in [1.29, 1.82) is 0 Å². The Morgan fingerprint density at radius 1 is 0.983 bits per heavy atom. The summed E-state index contributed by atoms with van der Waals surface area (Å²) in [6, 6.07) is 11.9. The van der Waals surface area contributed by atoms with Gasteiger partial charge >= 0.3 is 12.1 Å². The van der Waals surface area contributed by atoms with E-state index in [1.54, 1.807) is 35.4 Å². The Morgan fingerprint density at radius 3 is 2.34 bits per heavy atom. The fraction of sp³-hybridized carbons (Fsp3) is 0.432. The number of esters is 1. The van der Waals surface area contributed by atoms with E-state index in [9.17, 15) is 36.3 Å². The van der Waals surface area contributed by atoms with Crippen LogP contribution in [0.4, 0.5) is 22.0 Å². The highest BCUT2D eigenvalue weighted by Gasteiger charge is 2.40. The third-order valence-electron chi connectivity index (χ3n) is 11.2. The zero-order valence-corrected chi connectivity index (χ0v) is 33.2.